The first-order valence-electron chi connectivity index (χ1n) is 7.61. The Kier molecular flexibility index (Phi) is 4.73. The molecule has 0 radical (unpaired) electrons. The molecule has 3 N–H and O–H groups in total. The molecule has 3 amide bonds. The van der Waals surface area contributed by atoms with E-state index in [2.05, 4.69) is 16.3 Å². The van der Waals surface area contributed by atoms with Gasteiger partial charge in [-0.25, -0.2) is 4.79 Å². The lowest BCUT2D eigenvalue weighted by molar-refractivity contribution is -0.126. The molecule has 3 rings (SSSR count). The third-order valence-electron chi connectivity index (χ3n) is 4.11. The minimum Gasteiger partial charge on any atom is -0.351 e. The number of nitrogens with zero attached hydrogens (tertiary/aromatic N) is 1. The second kappa shape index (κ2) is 6.93. The van der Waals surface area contributed by atoms with Gasteiger partial charge >= 0.3 is 6.03 Å². The molecule has 2 aromatic rings. The Labute approximate surface area is 139 Å². The molecular formula is C17H19N3O2S. The van der Waals surface area contributed by atoms with Crippen molar-refractivity contribution in [3.63, 3.8) is 0 Å². The summed E-state index contributed by atoms with van der Waals surface area (Å²) < 4.78 is 0. The average Bonchev–Trinajstić information content (AvgIpc) is 3.18. The van der Waals surface area contributed by atoms with Gasteiger partial charge in [-0.2, -0.15) is 0 Å². The van der Waals surface area contributed by atoms with Crippen molar-refractivity contribution in [3.05, 3.63) is 58.3 Å². The molecule has 6 heteroatoms. The molecule has 1 aliphatic rings. The van der Waals surface area contributed by atoms with E-state index < -0.39 is 12.1 Å². The van der Waals surface area contributed by atoms with Crippen LogP contribution in [0.5, 0.6) is 0 Å². The number of benzene rings is 1. The van der Waals surface area contributed by atoms with Crippen molar-refractivity contribution in [1.82, 2.24) is 10.2 Å². The van der Waals surface area contributed by atoms with Gasteiger partial charge in [0.15, 0.2) is 0 Å². The summed E-state index contributed by atoms with van der Waals surface area (Å²) in [5, 5.41) is 4.29. The number of carbonyl (C=O) groups is 2. The fourth-order valence-corrected chi connectivity index (χ4v) is 4.08. The number of imide groups is 1. The van der Waals surface area contributed by atoms with Gasteiger partial charge in [0.25, 0.3) is 0 Å². The third-order valence-corrected chi connectivity index (χ3v) is 5.08. The Bertz CT molecular complexity index is 672. The summed E-state index contributed by atoms with van der Waals surface area (Å²) in [6.45, 7) is 0.814. The van der Waals surface area contributed by atoms with Crippen molar-refractivity contribution in [2.75, 3.05) is 6.54 Å². The summed E-state index contributed by atoms with van der Waals surface area (Å²) in [6.07, 6.45) is 2.03. The monoisotopic (exact) mass is 329 g/mol. The number of hydrogen-bond donors (Lipinski definition) is 2. The van der Waals surface area contributed by atoms with Crippen LogP contribution in [0.2, 0.25) is 0 Å². The largest absolute Gasteiger partial charge is 0.351 e. The van der Waals surface area contributed by atoms with Crippen LogP contribution in [0.25, 0.3) is 0 Å². The highest BCUT2D eigenvalue weighted by atomic mass is 32.1. The normalized spacial score (nSPS) is 19.4. The predicted octanol–water partition coefficient (Wildman–Crippen LogP) is 2.82. The van der Waals surface area contributed by atoms with Crippen LogP contribution >= 0.6 is 11.3 Å². The molecule has 2 atom stereocenters. The van der Waals surface area contributed by atoms with Crippen LogP contribution in [0, 0.1) is 0 Å². The zero-order valence-electron chi connectivity index (χ0n) is 12.6. The number of rotatable bonds is 4. The van der Waals surface area contributed by atoms with Gasteiger partial charge in [0, 0.05) is 10.9 Å². The first-order valence-corrected chi connectivity index (χ1v) is 8.49. The van der Waals surface area contributed by atoms with Gasteiger partial charge < -0.3 is 5.73 Å². The molecule has 0 spiro atoms. The molecule has 5 nitrogen and oxygen atoms in total. The summed E-state index contributed by atoms with van der Waals surface area (Å²) in [5.41, 5.74) is 6.02. The third kappa shape index (κ3) is 3.43. The van der Waals surface area contributed by atoms with Gasteiger partial charge in [-0.3, -0.25) is 15.0 Å². The fourth-order valence-electron chi connectivity index (χ4n) is 3.20. The van der Waals surface area contributed by atoms with E-state index in [9.17, 15) is 9.59 Å². The Morgan fingerprint density at radius 3 is 2.65 bits per heavy atom. The molecule has 2 heterocycles. The van der Waals surface area contributed by atoms with E-state index in [1.54, 1.807) is 11.3 Å². The van der Waals surface area contributed by atoms with Crippen molar-refractivity contribution in [2.45, 2.75) is 24.9 Å². The van der Waals surface area contributed by atoms with Crippen LogP contribution in [0.1, 0.15) is 35.4 Å². The maximum absolute atomic E-state index is 12.6. The zero-order valence-corrected chi connectivity index (χ0v) is 13.5. The molecule has 120 valence electrons. The number of thiophene rings is 1. The predicted molar refractivity (Wildman–Crippen MR) is 89.9 cm³/mol. The first kappa shape index (κ1) is 15.7. The van der Waals surface area contributed by atoms with Crippen LogP contribution < -0.4 is 11.1 Å². The van der Waals surface area contributed by atoms with Gasteiger partial charge in [-0.05, 0) is 36.4 Å². The standard InChI is InChI=1S/C17H19N3O2S/c18-17(22)19-16(21)15(12-6-2-1-3-7-12)20-10-4-8-13(20)14-9-5-11-23-14/h1-3,5-7,9,11,13,15H,4,8,10H2,(H3,18,19,21,22). The summed E-state index contributed by atoms with van der Waals surface area (Å²) in [4.78, 5) is 27.2. The topological polar surface area (TPSA) is 75.4 Å². The second-order valence-electron chi connectivity index (χ2n) is 5.58. The van der Waals surface area contributed by atoms with E-state index in [1.807, 2.05) is 41.8 Å². The maximum Gasteiger partial charge on any atom is 0.318 e. The van der Waals surface area contributed by atoms with Crippen molar-refractivity contribution in [1.29, 1.82) is 0 Å². The molecule has 0 bridgehead atoms. The van der Waals surface area contributed by atoms with Crippen LogP contribution in [0.15, 0.2) is 47.8 Å². The first-order chi connectivity index (χ1) is 11.2. The highest BCUT2D eigenvalue weighted by Gasteiger charge is 2.37. The van der Waals surface area contributed by atoms with Gasteiger partial charge in [0.2, 0.25) is 5.91 Å². The van der Waals surface area contributed by atoms with E-state index in [4.69, 9.17) is 5.73 Å². The lowest BCUT2D eigenvalue weighted by Gasteiger charge is -2.31. The van der Waals surface area contributed by atoms with E-state index >= 15 is 0 Å². The molecule has 0 aliphatic carbocycles. The molecule has 1 aliphatic heterocycles. The average molecular weight is 329 g/mol. The van der Waals surface area contributed by atoms with Crippen LogP contribution in [-0.2, 0) is 4.79 Å². The molecule has 1 fully saturated rings. The molecule has 1 aromatic heterocycles. The Morgan fingerprint density at radius 2 is 2.00 bits per heavy atom. The van der Waals surface area contributed by atoms with Crippen LogP contribution in [-0.4, -0.2) is 23.4 Å². The summed E-state index contributed by atoms with van der Waals surface area (Å²) in [5.74, 6) is -0.368. The molecule has 2 unspecified atom stereocenters. The second-order valence-corrected chi connectivity index (χ2v) is 6.56. The number of hydrogen-bond acceptors (Lipinski definition) is 4. The lowest BCUT2D eigenvalue weighted by atomic mass is 10.0. The van der Waals surface area contributed by atoms with Crippen molar-refractivity contribution >= 4 is 23.3 Å². The molecule has 1 saturated heterocycles. The van der Waals surface area contributed by atoms with Crippen LogP contribution in [0.3, 0.4) is 0 Å². The maximum atomic E-state index is 12.6. The lowest BCUT2D eigenvalue weighted by Crippen LogP contribution is -2.44. The quantitative estimate of drug-likeness (QED) is 0.905. The number of likely N-dealkylation sites (tertiary alicyclic amines) is 1. The van der Waals surface area contributed by atoms with E-state index in [-0.39, 0.29) is 11.9 Å². The number of primary amides is 1. The van der Waals surface area contributed by atoms with Gasteiger partial charge in [-0.1, -0.05) is 36.4 Å². The van der Waals surface area contributed by atoms with Crippen molar-refractivity contribution in [2.24, 2.45) is 5.73 Å². The Hall–Kier alpha value is -2.18. The number of amides is 3. The Balaban J connectivity index is 1.94. The smallest absolute Gasteiger partial charge is 0.318 e. The minimum absolute atomic E-state index is 0.193. The van der Waals surface area contributed by atoms with Gasteiger partial charge in [-0.15, -0.1) is 11.3 Å². The summed E-state index contributed by atoms with van der Waals surface area (Å²) in [6, 6.07) is 12.5. The summed E-state index contributed by atoms with van der Waals surface area (Å²) in [7, 11) is 0. The zero-order chi connectivity index (χ0) is 16.2. The van der Waals surface area contributed by atoms with Crippen molar-refractivity contribution in [3.8, 4) is 0 Å². The van der Waals surface area contributed by atoms with Crippen molar-refractivity contribution < 1.29 is 9.59 Å². The Morgan fingerprint density at radius 1 is 1.22 bits per heavy atom. The van der Waals surface area contributed by atoms with Crippen LogP contribution in [0.4, 0.5) is 4.79 Å². The van der Waals surface area contributed by atoms with E-state index in [1.165, 1.54) is 4.88 Å². The molecular weight excluding hydrogens is 310 g/mol. The SMILES string of the molecule is NC(=O)NC(=O)C(c1ccccc1)N1CCCC1c1cccs1. The molecule has 23 heavy (non-hydrogen) atoms. The number of carbonyl (C=O) groups excluding carboxylic acids is 2. The highest BCUT2D eigenvalue weighted by molar-refractivity contribution is 7.10. The fraction of sp³-hybridized carbons (Fsp3) is 0.294. The van der Waals surface area contributed by atoms with E-state index in [0.717, 1.165) is 24.9 Å². The summed E-state index contributed by atoms with van der Waals surface area (Å²) >= 11 is 1.70. The number of nitrogens with one attached hydrogen (secondary N) is 1. The molecule has 1 aromatic carbocycles. The minimum atomic E-state index is -0.817. The number of nitrogens with two attached hydrogens (primary N) is 1. The highest BCUT2D eigenvalue weighted by Crippen LogP contribution is 2.40. The van der Waals surface area contributed by atoms with E-state index in [0.29, 0.717) is 0 Å². The molecule has 0 saturated carbocycles. The van der Waals surface area contributed by atoms with Gasteiger partial charge in [0.1, 0.15) is 6.04 Å². The van der Waals surface area contributed by atoms with Gasteiger partial charge in [0.05, 0.1) is 0 Å². The number of urea groups is 1.